The van der Waals surface area contributed by atoms with Crippen molar-refractivity contribution < 1.29 is 19.7 Å². The van der Waals surface area contributed by atoms with Crippen LogP contribution in [0.5, 0.6) is 5.75 Å². The lowest BCUT2D eigenvalue weighted by Crippen LogP contribution is -2.26. The first kappa shape index (κ1) is 14.9. The van der Waals surface area contributed by atoms with E-state index in [1.807, 2.05) is 0 Å². The zero-order valence-corrected chi connectivity index (χ0v) is 12.5. The molecule has 3 rings (SSSR count). The molecule has 118 valence electrons. The largest absolute Gasteiger partial charge is 0.508 e. The number of rotatable bonds is 4. The van der Waals surface area contributed by atoms with Crippen LogP contribution in [0.3, 0.4) is 0 Å². The van der Waals surface area contributed by atoms with Crippen molar-refractivity contribution in [3.8, 4) is 5.75 Å². The predicted molar refractivity (Wildman–Crippen MR) is 82.3 cm³/mol. The average Bonchev–Trinajstić information content (AvgIpc) is 2.97. The van der Waals surface area contributed by atoms with Crippen molar-refractivity contribution in [1.29, 1.82) is 0 Å². The lowest BCUT2D eigenvalue weighted by Gasteiger charge is -2.26. The van der Waals surface area contributed by atoms with Crippen LogP contribution < -0.4 is 0 Å². The minimum Gasteiger partial charge on any atom is -0.508 e. The van der Waals surface area contributed by atoms with Crippen LogP contribution in [-0.4, -0.2) is 34.7 Å². The van der Waals surface area contributed by atoms with Gasteiger partial charge in [-0.25, -0.2) is 4.99 Å². The maximum absolute atomic E-state index is 11.0. The van der Waals surface area contributed by atoms with Crippen LogP contribution in [0.15, 0.2) is 23.2 Å². The van der Waals surface area contributed by atoms with E-state index < -0.39 is 5.97 Å². The molecule has 2 aliphatic rings. The summed E-state index contributed by atoms with van der Waals surface area (Å²) >= 11 is 0. The van der Waals surface area contributed by atoms with E-state index in [2.05, 4.69) is 4.99 Å². The van der Waals surface area contributed by atoms with E-state index in [4.69, 9.17) is 9.84 Å². The number of hydrogen-bond donors (Lipinski definition) is 2. The molecule has 0 spiro atoms. The monoisotopic (exact) mass is 303 g/mol. The summed E-state index contributed by atoms with van der Waals surface area (Å²) in [6.07, 6.45) is 6.14. The van der Waals surface area contributed by atoms with Gasteiger partial charge in [0.25, 0.3) is 0 Å². The topological polar surface area (TPSA) is 79.1 Å². The number of carbonyl (C=O) groups is 1. The number of carboxylic acid groups (broad SMARTS) is 1. The Labute approximate surface area is 129 Å². The van der Waals surface area contributed by atoms with E-state index in [0.29, 0.717) is 29.5 Å². The fourth-order valence-electron chi connectivity index (χ4n) is 3.39. The smallest absolute Gasteiger partial charge is 0.307 e. The molecule has 5 heteroatoms. The Morgan fingerprint density at radius 3 is 2.77 bits per heavy atom. The van der Waals surface area contributed by atoms with Gasteiger partial charge in [-0.2, -0.15) is 0 Å². The van der Waals surface area contributed by atoms with Crippen LogP contribution in [0.1, 0.15) is 43.2 Å². The fourth-order valence-corrected chi connectivity index (χ4v) is 3.39. The lowest BCUT2D eigenvalue weighted by atomic mass is 9.85. The van der Waals surface area contributed by atoms with Gasteiger partial charge in [-0.05, 0) is 42.5 Å². The van der Waals surface area contributed by atoms with Gasteiger partial charge in [0, 0.05) is 5.56 Å². The molecule has 1 saturated carbocycles. The normalized spacial score (nSPS) is 22.2. The molecule has 1 aromatic carbocycles. The molecule has 5 nitrogen and oxygen atoms in total. The second kappa shape index (κ2) is 6.38. The van der Waals surface area contributed by atoms with Gasteiger partial charge in [0.15, 0.2) is 0 Å². The molecule has 1 aliphatic carbocycles. The van der Waals surface area contributed by atoms with Crippen LogP contribution in [0.4, 0.5) is 0 Å². The highest BCUT2D eigenvalue weighted by atomic mass is 16.5. The van der Waals surface area contributed by atoms with E-state index in [1.165, 1.54) is 38.2 Å². The number of benzene rings is 1. The molecule has 1 aliphatic heterocycles. The van der Waals surface area contributed by atoms with Gasteiger partial charge in [-0.15, -0.1) is 0 Å². The summed E-state index contributed by atoms with van der Waals surface area (Å²) < 4.78 is 6.02. The maximum atomic E-state index is 11.0. The van der Waals surface area contributed by atoms with E-state index in [0.717, 1.165) is 0 Å². The summed E-state index contributed by atoms with van der Waals surface area (Å²) in [4.78, 5) is 15.5. The molecule has 1 heterocycles. The van der Waals surface area contributed by atoms with Gasteiger partial charge < -0.3 is 14.9 Å². The predicted octanol–water partition coefficient (Wildman–Crippen LogP) is 2.75. The van der Waals surface area contributed by atoms with E-state index in [1.54, 1.807) is 12.1 Å². The summed E-state index contributed by atoms with van der Waals surface area (Å²) in [5.41, 5.74) is 1.22. The first-order valence-electron chi connectivity index (χ1n) is 7.88. The molecule has 22 heavy (non-hydrogen) atoms. The summed E-state index contributed by atoms with van der Waals surface area (Å²) in [6.45, 7) is 0.646. The zero-order valence-electron chi connectivity index (χ0n) is 12.5. The molecule has 1 aromatic rings. The van der Waals surface area contributed by atoms with Gasteiger partial charge in [0.1, 0.15) is 11.9 Å². The number of ether oxygens (including phenoxy) is 1. The molecular formula is C17H21NO4. The number of carboxylic acids is 1. The number of aliphatic imine (C=N–C) groups is 1. The number of phenolic OH excluding ortho intramolecular Hbond substituents is 1. The molecule has 1 unspecified atom stereocenters. The Bertz CT molecular complexity index is 590. The van der Waals surface area contributed by atoms with E-state index in [9.17, 15) is 9.90 Å². The van der Waals surface area contributed by atoms with E-state index in [-0.39, 0.29) is 18.3 Å². The Kier molecular flexibility index (Phi) is 4.32. The van der Waals surface area contributed by atoms with E-state index >= 15 is 0 Å². The second-order valence-corrected chi connectivity index (χ2v) is 6.11. The SMILES string of the molecule is O=C(O)Cc1cc(O)ccc1C1=NCC(C2CCCCC2)O1. The summed E-state index contributed by atoms with van der Waals surface area (Å²) in [5.74, 6) is 0.193. The van der Waals surface area contributed by atoms with Gasteiger partial charge in [0.05, 0.1) is 13.0 Å². The van der Waals surface area contributed by atoms with Gasteiger partial charge >= 0.3 is 5.97 Å². The standard InChI is InChI=1S/C17H21NO4/c19-13-6-7-14(12(8-13)9-16(20)21)17-18-10-15(22-17)11-4-2-1-3-5-11/h6-8,11,15,19H,1-5,9-10H2,(H,20,21). The molecular weight excluding hydrogens is 282 g/mol. The maximum Gasteiger partial charge on any atom is 0.307 e. The minimum atomic E-state index is -0.936. The van der Waals surface area contributed by atoms with Crippen LogP contribution in [-0.2, 0) is 16.0 Å². The Morgan fingerprint density at radius 1 is 1.27 bits per heavy atom. The molecule has 1 fully saturated rings. The number of aliphatic carboxylic acids is 1. The van der Waals surface area contributed by atoms with Crippen molar-refractivity contribution in [2.45, 2.75) is 44.6 Å². The van der Waals surface area contributed by atoms with Crippen LogP contribution in [0.2, 0.25) is 0 Å². The molecule has 0 saturated heterocycles. The van der Waals surface area contributed by atoms with Gasteiger partial charge in [-0.1, -0.05) is 19.3 Å². The van der Waals surface area contributed by atoms with Crippen LogP contribution in [0, 0.1) is 5.92 Å². The van der Waals surface area contributed by atoms with Crippen molar-refractivity contribution in [2.75, 3.05) is 6.54 Å². The number of aromatic hydroxyl groups is 1. The highest BCUT2D eigenvalue weighted by molar-refractivity contribution is 5.97. The third-order valence-corrected chi connectivity index (χ3v) is 4.51. The fraction of sp³-hybridized carbons (Fsp3) is 0.529. The molecule has 0 aromatic heterocycles. The Morgan fingerprint density at radius 2 is 2.05 bits per heavy atom. The van der Waals surface area contributed by atoms with Crippen molar-refractivity contribution in [3.63, 3.8) is 0 Å². The number of nitrogens with zero attached hydrogens (tertiary/aromatic N) is 1. The average molecular weight is 303 g/mol. The molecule has 0 amide bonds. The second-order valence-electron chi connectivity index (χ2n) is 6.11. The van der Waals surface area contributed by atoms with Crippen LogP contribution in [0.25, 0.3) is 0 Å². The Hall–Kier alpha value is -2.04. The summed E-state index contributed by atoms with van der Waals surface area (Å²) in [6, 6.07) is 4.71. The highest BCUT2D eigenvalue weighted by Gasteiger charge is 2.31. The van der Waals surface area contributed by atoms with Crippen LogP contribution >= 0.6 is 0 Å². The Balaban J connectivity index is 1.76. The lowest BCUT2D eigenvalue weighted by molar-refractivity contribution is -0.136. The molecule has 0 radical (unpaired) electrons. The third kappa shape index (κ3) is 3.24. The van der Waals surface area contributed by atoms with Gasteiger partial charge in [-0.3, -0.25) is 4.79 Å². The van der Waals surface area contributed by atoms with Crippen molar-refractivity contribution in [3.05, 3.63) is 29.3 Å². The molecule has 0 bridgehead atoms. The van der Waals surface area contributed by atoms with Crippen molar-refractivity contribution >= 4 is 11.9 Å². The quantitative estimate of drug-likeness (QED) is 0.896. The van der Waals surface area contributed by atoms with Crippen molar-refractivity contribution in [2.24, 2.45) is 10.9 Å². The molecule has 1 atom stereocenters. The first-order valence-corrected chi connectivity index (χ1v) is 7.88. The number of hydrogen-bond acceptors (Lipinski definition) is 4. The van der Waals surface area contributed by atoms with Gasteiger partial charge in [0.2, 0.25) is 5.90 Å². The third-order valence-electron chi connectivity index (χ3n) is 4.51. The minimum absolute atomic E-state index is 0.0578. The zero-order chi connectivity index (χ0) is 15.5. The summed E-state index contributed by atoms with van der Waals surface area (Å²) in [5, 5.41) is 18.6. The molecule has 2 N–H and O–H groups in total. The first-order chi connectivity index (χ1) is 10.6. The summed E-state index contributed by atoms with van der Waals surface area (Å²) in [7, 11) is 0. The number of phenols is 1. The van der Waals surface area contributed by atoms with Crippen molar-refractivity contribution in [1.82, 2.24) is 0 Å². The highest BCUT2D eigenvalue weighted by Crippen LogP contribution is 2.31.